The van der Waals surface area contributed by atoms with Crippen LogP contribution in [-0.4, -0.2) is 5.91 Å². The zero-order valence-corrected chi connectivity index (χ0v) is 7.34. The molecular weight excluding hydrogens is 190 g/mol. The Morgan fingerprint density at radius 2 is 2.23 bits per heavy atom. The summed E-state index contributed by atoms with van der Waals surface area (Å²) in [6, 6.07) is 6.85. The minimum atomic E-state index is -0.590. The molecular formula is C9H6ClNO2. The van der Waals surface area contributed by atoms with Gasteiger partial charge in [0, 0.05) is 5.39 Å². The molecule has 0 unspecified atom stereocenters. The zero-order chi connectivity index (χ0) is 9.42. The lowest BCUT2D eigenvalue weighted by atomic mass is 10.2. The Kier molecular flexibility index (Phi) is 1.74. The van der Waals surface area contributed by atoms with Crippen LogP contribution in [0.15, 0.2) is 28.7 Å². The number of hydrogen-bond donors (Lipinski definition) is 1. The number of para-hydroxylation sites is 1. The van der Waals surface area contributed by atoms with Gasteiger partial charge in [-0.15, -0.1) is 0 Å². The average molecular weight is 196 g/mol. The molecule has 0 spiro atoms. The Labute approximate surface area is 79.1 Å². The molecule has 2 aromatic rings. The Morgan fingerprint density at radius 1 is 1.46 bits per heavy atom. The van der Waals surface area contributed by atoms with Crippen molar-refractivity contribution in [3.8, 4) is 0 Å². The molecule has 66 valence electrons. The molecule has 0 aliphatic carbocycles. The Hall–Kier alpha value is -1.48. The summed E-state index contributed by atoms with van der Waals surface area (Å²) in [5, 5.41) is 1.26. The monoisotopic (exact) mass is 195 g/mol. The molecule has 0 saturated heterocycles. The van der Waals surface area contributed by atoms with Gasteiger partial charge < -0.3 is 10.2 Å². The number of rotatable bonds is 1. The molecule has 0 bridgehead atoms. The van der Waals surface area contributed by atoms with E-state index >= 15 is 0 Å². The highest BCUT2D eigenvalue weighted by Crippen LogP contribution is 2.26. The van der Waals surface area contributed by atoms with Gasteiger partial charge in [0.2, 0.25) is 0 Å². The van der Waals surface area contributed by atoms with Gasteiger partial charge >= 0.3 is 0 Å². The van der Waals surface area contributed by atoms with E-state index in [-0.39, 0.29) is 5.76 Å². The van der Waals surface area contributed by atoms with Crippen LogP contribution in [-0.2, 0) is 0 Å². The molecule has 0 aliphatic rings. The van der Waals surface area contributed by atoms with Gasteiger partial charge in [0.1, 0.15) is 0 Å². The van der Waals surface area contributed by atoms with Crippen molar-refractivity contribution in [1.29, 1.82) is 0 Å². The molecule has 13 heavy (non-hydrogen) atoms. The highest BCUT2D eigenvalue weighted by molar-refractivity contribution is 6.34. The quantitative estimate of drug-likeness (QED) is 0.758. The van der Waals surface area contributed by atoms with Crippen molar-refractivity contribution in [3.63, 3.8) is 0 Å². The Bertz CT molecular complexity index is 475. The van der Waals surface area contributed by atoms with Gasteiger partial charge in [-0.25, -0.2) is 0 Å². The minimum Gasteiger partial charge on any atom is -0.449 e. The maximum atomic E-state index is 10.8. The van der Waals surface area contributed by atoms with Crippen molar-refractivity contribution in [2.75, 3.05) is 0 Å². The lowest BCUT2D eigenvalue weighted by Gasteiger charge is -1.89. The highest BCUT2D eigenvalue weighted by atomic mass is 35.5. The van der Waals surface area contributed by atoms with Crippen molar-refractivity contribution in [2.45, 2.75) is 0 Å². The van der Waals surface area contributed by atoms with E-state index in [1.165, 1.54) is 0 Å². The third-order valence-corrected chi connectivity index (χ3v) is 2.04. The maximum absolute atomic E-state index is 10.8. The van der Waals surface area contributed by atoms with Crippen LogP contribution in [0.5, 0.6) is 0 Å². The molecule has 2 N–H and O–H groups in total. The number of carbonyl (C=O) groups excluding carboxylic acids is 1. The van der Waals surface area contributed by atoms with Crippen LogP contribution < -0.4 is 5.73 Å². The van der Waals surface area contributed by atoms with Gasteiger partial charge in [-0.3, -0.25) is 4.79 Å². The van der Waals surface area contributed by atoms with Crippen LogP contribution in [0.4, 0.5) is 0 Å². The summed E-state index contributed by atoms with van der Waals surface area (Å²) in [5.74, 6) is -0.463. The number of furan rings is 1. The van der Waals surface area contributed by atoms with Crippen LogP contribution in [0.2, 0.25) is 5.02 Å². The summed E-state index contributed by atoms with van der Waals surface area (Å²) in [4.78, 5) is 10.8. The van der Waals surface area contributed by atoms with Crippen LogP contribution >= 0.6 is 11.6 Å². The second-order valence-electron chi connectivity index (χ2n) is 2.63. The smallest absolute Gasteiger partial charge is 0.284 e. The minimum absolute atomic E-state index is 0.128. The van der Waals surface area contributed by atoms with Crippen molar-refractivity contribution in [1.82, 2.24) is 0 Å². The summed E-state index contributed by atoms with van der Waals surface area (Å²) < 4.78 is 5.15. The SMILES string of the molecule is NC(=O)c1cc2cccc(Cl)c2o1. The van der Waals surface area contributed by atoms with E-state index in [0.717, 1.165) is 5.39 Å². The van der Waals surface area contributed by atoms with E-state index in [0.29, 0.717) is 10.6 Å². The van der Waals surface area contributed by atoms with E-state index in [4.69, 9.17) is 21.8 Å². The van der Waals surface area contributed by atoms with Gasteiger partial charge in [0.25, 0.3) is 5.91 Å². The highest BCUT2D eigenvalue weighted by Gasteiger charge is 2.09. The van der Waals surface area contributed by atoms with E-state index in [1.54, 1.807) is 24.3 Å². The molecule has 1 aromatic carbocycles. The second kappa shape index (κ2) is 2.78. The summed E-state index contributed by atoms with van der Waals surface area (Å²) >= 11 is 5.83. The zero-order valence-electron chi connectivity index (χ0n) is 6.58. The van der Waals surface area contributed by atoms with Crippen LogP contribution in [0.25, 0.3) is 11.0 Å². The number of benzene rings is 1. The van der Waals surface area contributed by atoms with Crippen molar-refractivity contribution >= 4 is 28.5 Å². The van der Waals surface area contributed by atoms with Crippen LogP contribution in [0, 0.1) is 0 Å². The second-order valence-corrected chi connectivity index (χ2v) is 3.04. The number of hydrogen-bond acceptors (Lipinski definition) is 2. The molecule has 2 rings (SSSR count). The first-order valence-corrected chi connectivity index (χ1v) is 4.04. The average Bonchev–Trinajstić information content (AvgIpc) is 2.49. The third-order valence-electron chi connectivity index (χ3n) is 1.74. The molecule has 1 aromatic heterocycles. The Balaban J connectivity index is 2.75. The number of nitrogens with two attached hydrogens (primary N) is 1. The molecule has 0 saturated carbocycles. The molecule has 0 aliphatic heterocycles. The number of halogens is 1. The number of fused-ring (bicyclic) bond motifs is 1. The number of carbonyl (C=O) groups is 1. The first-order chi connectivity index (χ1) is 6.18. The van der Waals surface area contributed by atoms with Gasteiger partial charge in [0.05, 0.1) is 5.02 Å². The maximum Gasteiger partial charge on any atom is 0.284 e. The summed E-state index contributed by atoms with van der Waals surface area (Å²) in [6.45, 7) is 0. The fourth-order valence-electron chi connectivity index (χ4n) is 1.15. The topological polar surface area (TPSA) is 56.2 Å². The van der Waals surface area contributed by atoms with Crippen LogP contribution in [0.1, 0.15) is 10.6 Å². The Morgan fingerprint density at radius 3 is 2.85 bits per heavy atom. The van der Waals surface area contributed by atoms with E-state index in [1.807, 2.05) is 0 Å². The lowest BCUT2D eigenvalue weighted by molar-refractivity contribution is 0.0976. The van der Waals surface area contributed by atoms with Crippen molar-refractivity contribution in [2.24, 2.45) is 5.73 Å². The largest absolute Gasteiger partial charge is 0.449 e. The molecule has 0 atom stereocenters. The first-order valence-electron chi connectivity index (χ1n) is 3.66. The molecule has 4 heteroatoms. The molecule has 0 radical (unpaired) electrons. The molecule has 1 amide bonds. The molecule has 3 nitrogen and oxygen atoms in total. The normalized spacial score (nSPS) is 10.5. The summed E-state index contributed by atoms with van der Waals surface area (Å²) in [7, 11) is 0. The fraction of sp³-hybridized carbons (Fsp3) is 0. The summed E-state index contributed by atoms with van der Waals surface area (Å²) in [6.07, 6.45) is 0. The molecule has 0 fully saturated rings. The summed E-state index contributed by atoms with van der Waals surface area (Å²) in [5.41, 5.74) is 5.55. The van der Waals surface area contributed by atoms with Gasteiger partial charge in [-0.1, -0.05) is 23.7 Å². The third kappa shape index (κ3) is 1.27. The van der Waals surface area contributed by atoms with Crippen LogP contribution in [0.3, 0.4) is 0 Å². The van der Waals surface area contributed by atoms with Gasteiger partial charge in [-0.05, 0) is 12.1 Å². The number of amides is 1. The van der Waals surface area contributed by atoms with Gasteiger partial charge in [0.15, 0.2) is 11.3 Å². The van der Waals surface area contributed by atoms with E-state index in [2.05, 4.69) is 0 Å². The van der Waals surface area contributed by atoms with E-state index < -0.39 is 5.91 Å². The predicted octanol–water partition coefficient (Wildman–Crippen LogP) is 2.19. The van der Waals surface area contributed by atoms with Gasteiger partial charge in [-0.2, -0.15) is 0 Å². The van der Waals surface area contributed by atoms with Crippen molar-refractivity contribution < 1.29 is 9.21 Å². The predicted molar refractivity (Wildman–Crippen MR) is 49.7 cm³/mol. The standard InChI is InChI=1S/C9H6ClNO2/c10-6-3-1-2-5-4-7(9(11)12)13-8(5)6/h1-4H,(H2,11,12). The van der Waals surface area contributed by atoms with E-state index in [9.17, 15) is 4.79 Å². The fourth-order valence-corrected chi connectivity index (χ4v) is 1.37. The molecule has 1 heterocycles. The first kappa shape index (κ1) is 8.13. The lowest BCUT2D eigenvalue weighted by Crippen LogP contribution is -2.08. The van der Waals surface area contributed by atoms with Crippen molar-refractivity contribution in [3.05, 3.63) is 35.0 Å². The number of primary amides is 1.